The van der Waals surface area contributed by atoms with Crippen molar-refractivity contribution >= 4 is 0 Å². The molecule has 3 heteroatoms. The van der Waals surface area contributed by atoms with Crippen LogP contribution in [0.15, 0.2) is 0 Å². The molecule has 0 bridgehead atoms. The van der Waals surface area contributed by atoms with E-state index in [1.54, 1.807) is 0 Å². The third-order valence-electron chi connectivity index (χ3n) is 2.16. The molecule has 0 radical (unpaired) electrons. The van der Waals surface area contributed by atoms with Crippen LogP contribution in [0.4, 0.5) is 0 Å². The fourth-order valence-corrected chi connectivity index (χ4v) is 1.28. The van der Waals surface area contributed by atoms with E-state index in [1.807, 2.05) is 7.05 Å². The number of nitrogens with zero attached hydrogens (tertiary/aromatic N) is 1. The minimum Gasteiger partial charge on any atom is -0.346 e. The van der Waals surface area contributed by atoms with Crippen LogP contribution in [0, 0.1) is 6.92 Å². The Morgan fingerprint density at radius 1 is 1.46 bits per heavy atom. The molecule has 0 spiro atoms. The maximum absolute atomic E-state index is 4.55. The second-order valence-electron chi connectivity index (χ2n) is 3.70. The normalized spacial score (nSPS) is 11.2. The molecule has 0 aliphatic carbocycles. The lowest BCUT2D eigenvalue weighted by molar-refractivity contribution is 0.760. The Labute approximate surface area is 80.0 Å². The van der Waals surface area contributed by atoms with Crippen LogP contribution in [-0.4, -0.2) is 23.6 Å². The highest BCUT2D eigenvalue weighted by atomic mass is 14.9. The molecule has 0 saturated heterocycles. The minimum atomic E-state index is 0.488. The predicted molar refractivity (Wildman–Crippen MR) is 55.0 cm³/mol. The molecule has 0 aromatic carbocycles. The molecular formula is C10H19N3. The molecule has 74 valence electrons. The van der Waals surface area contributed by atoms with Gasteiger partial charge in [-0.15, -0.1) is 0 Å². The zero-order valence-corrected chi connectivity index (χ0v) is 8.94. The maximum atomic E-state index is 4.55. The molecule has 0 aliphatic rings. The fourth-order valence-electron chi connectivity index (χ4n) is 1.28. The number of likely N-dealkylation sites (N-methyl/N-ethyl adjacent to an activating group) is 1. The van der Waals surface area contributed by atoms with E-state index in [-0.39, 0.29) is 0 Å². The van der Waals surface area contributed by atoms with Crippen LogP contribution in [0.2, 0.25) is 0 Å². The van der Waals surface area contributed by atoms with Gasteiger partial charge in [-0.05, 0) is 14.0 Å². The number of aryl methyl sites for hydroxylation is 1. The van der Waals surface area contributed by atoms with Crippen molar-refractivity contribution in [3.05, 3.63) is 17.2 Å². The number of nitrogens with one attached hydrogen (secondary N) is 2. The van der Waals surface area contributed by atoms with E-state index >= 15 is 0 Å². The quantitative estimate of drug-likeness (QED) is 0.740. The lowest BCUT2D eigenvalue weighted by Crippen LogP contribution is -2.11. The van der Waals surface area contributed by atoms with Gasteiger partial charge in [0.2, 0.25) is 0 Å². The molecule has 0 fully saturated rings. The lowest BCUT2D eigenvalue weighted by Gasteiger charge is -1.97. The van der Waals surface area contributed by atoms with Gasteiger partial charge in [0.05, 0.1) is 5.69 Å². The zero-order valence-electron chi connectivity index (χ0n) is 8.94. The standard InChI is InChI=1S/C10H19N3/c1-7(2)10-12-8(3)9(13-10)5-6-11-4/h7,11H,5-6H2,1-4H3,(H,12,13). The van der Waals surface area contributed by atoms with E-state index in [4.69, 9.17) is 0 Å². The Morgan fingerprint density at radius 2 is 2.15 bits per heavy atom. The van der Waals surface area contributed by atoms with Crippen molar-refractivity contribution in [3.8, 4) is 0 Å². The van der Waals surface area contributed by atoms with Crippen molar-refractivity contribution in [1.29, 1.82) is 0 Å². The van der Waals surface area contributed by atoms with Crippen molar-refractivity contribution < 1.29 is 0 Å². The van der Waals surface area contributed by atoms with Gasteiger partial charge in [0.1, 0.15) is 5.82 Å². The van der Waals surface area contributed by atoms with Gasteiger partial charge < -0.3 is 10.3 Å². The minimum absolute atomic E-state index is 0.488. The van der Waals surface area contributed by atoms with Gasteiger partial charge >= 0.3 is 0 Å². The molecule has 1 rings (SSSR count). The van der Waals surface area contributed by atoms with Gasteiger partial charge in [0.15, 0.2) is 0 Å². The highest BCUT2D eigenvalue weighted by Gasteiger charge is 2.08. The molecule has 13 heavy (non-hydrogen) atoms. The second kappa shape index (κ2) is 4.42. The number of H-pyrrole nitrogens is 1. The van der Waals surface area contributed by atoms with Crippen molar-refractivity contribution in [2.24, 2.45) is 0 Å². The predicted octanol–water partition coefficient (Wildman–Crippen LogP) is 1.60. The summed E-state index contributed by atoms with van der Waals surface area (Å²) in [5.41, 5.74) is 2.40. The molecular weight excluding hydrogens is 162 g/mol. The summed E-state index contributed by atoms with van der Waals surface area (Å²) in [4.78, 5) is 7.87. The van der Waals surface area contributed by atoms with Crippen LogP contribution in [-0.2, 0) is 6.42 Å². The molecule has 0 saturated carbocycles. The third-order valence-corrected chi connectivity index (χ3v) is 2.16. The zero-order chi connectivity index (χ0) is 9.84. The molecule has 0 unspecified atom stereocenters. The topological polar surface area (TPSA) is 40.7 Å². The van der Waals surface area contributed by atoms with E-state index in [9.17, 15) is 0 Å². The lowest BCUT2D eigenvalue weighted by atomic mass is 10.2. The van der Waals surface area contributed by atoms with E-state index in [2.05, 4.69) is 36.1 Å². The molecule has 1 heterocycles. The molecule has 0 amide bonds. The molecule has 0 aliphatic heterocycles. The van der Waals surface area contributed by atoms with Crippen molar-refractivity contribution in [2.75, 3.05) is 13.6 Å². The summed E-state index contributed by atoms with van der Waals surface area (Å²) in [6.07, 6.45) is 1.01. The summed E-state index contributed by atoms with van der Waals surface area (Å²) in [5, 5.41) is 3.13. The van der Waals surface area contributed by atoms with Gasteiger partial charge in [0.25, 0.3) is 0 Å². The largest absolute Gasteiger partial charge is 0.346 e. The van der Waals surface area contributed by atoms with E-state index in [0.29, 0.717) is 5.92 Å². The van der Waals surface area contributed by atoms with Crippen molar-refractivity contribution in [2.45, 2.75) is 33.1 Å². The van der Waals surface area contributed by atoms with Crippen LogP contribution in [0.1, 0.15) is 37.0 Å². The molecule has 0 atom stereocenters. The summed E-state index contributed by atoms with van der Waals surface area (Å²) in [7, 11) is 1.96. The van der Waals surface area contributed by atoms with Gasteiger partial charge in [-0.25, -0.2) is 4.98 Å². The Morgan fingerprint density at radius 3 is 2.62 bits per heavy atom. The highest BCUT2D eigenvalue weighted by molar-refractivity contribution is 5.14. The van der Waals surface area contributed by atoms with Crippen LogP contribution in [0.3, 0.4) is 0 Å². The average molecular weight is 181 g/mol. The first kappa shape index (κ1) is 10.3. The average Bonchev–Trinajstić information content (AvgIpc) is 2.44. The number of aromatic nitrogens is 2. The van der Waals surface area contributed by atoms with Gasteiger partial charge in [0, 0.05) is 24.6 Å². The summed E-state index contributed by atoms with van der Waals surface area (Å²) < 4.78 is 0. The Hall–Kier alpha value is -0.830. The Bertz CT molecular complexity index is 263. The molecule has 2 N–H and O–H groups in total. The first-order chi connectivity index (χ1) is 6.15. The molecule has 1 aromatic heterocycles. The Kier molecular flexibility index (Phi) is 3.48. The second-order valence-corrected chi connectivity index (χ2v) is 3.70. The van der Waals surface area contributed by atoms with E-state index < -0.39 is 0 Å². The molecule has 1 aromatic rings. The number of rotatable bonds is 4. The fraction of sp³-hybridized carbons (Fsp3) is 0.700. The van der Waals surface area contributed by atoms with E-state index in [0.717, 1.165) is 18.8 Å². The van der Waals surface area contributed by atoms with Crippen LogP contribution >= 0.6 is 0 Å². The summed E-state index contributed by atoms with van der Waals surface area (Å²) in [6, 6.07) is 0. The first-order valence-electron chi connectivity index (χ1n) is 4.85. The Balaban J connectivity index is 2.71. The van der Waals surface area contributed by atoms with E-state index in [1.165, 1.54) is 11.4 Å². The SMILES string of the molecule is CNCCc1nc(C(C)C)[nH]c1C. The third kappa shape index (κ3) is 2.56. The first-order valence-corrected chi connectivity index (χ1v) is 4.85. The highest BCUT2D eigenvalue weighted by Crippen LogP contribution is 2.13. The number of hydrogen-bond acceptors (Lipinski definition) is 2. The monoisotopic (exact) mass is 181 g/mol. The van der Waals surface area contributed by atoms with Crippen LogP contribution in [0.25, 0.3) is 0 Å². The number of imidazole rings is 1. The summed E-state index contributed by atoms with van der Waals surface area (Å²) >= 11 is 0. The number of aromatic amines is 1. The van der Waals surface area contributed by atoms with Crippen LogP contribution in [0.5, 0.6) is 0 Å². The maximum Gasteiger partial charge on any atom is 0.109 e. The number of hydrogen-bond donors (Lipinski definition) is 2. The van der Waals surface area contributed by atoms with Gasteiger partial charge in [-0.3, -0.25) is 0 Å². The van der Waals surface area contributed by atoms with Gasteiger partial charge in [-0.1, -0.05) is 13.8 Å². The van der Waals surface area contributed by atoms with Crippen LogP contribution < -0.4 is 5.32 Å². The molecule has 3 nitrogen and oxygen atoms in total. The smallest absolute Gasteiger partial charge is 0.109 e. The van der Waals surface area contributed by atoms with Gasteiger partial charge in [-0.2, -0.15) is 0 Å². The summed E-state index contributed by atoms with van der Waals surface area (Å²) in [6.45, 7) is 7.38. The van der Waals surface area contributed by atoms with Crippen molar-refractivity contribution in [1.82, 2.24) is 15.3 Å². The van der Waals surface area contributed by atoms with Crippen molar-refractivity contribution in [3.63, 3.8) is 0 Å². The summed E-state index contributed by atoms with van der Waals surface area (Å²) in [5.74, 6) is 1.59.